The van der Waals surface area contributed by atoms with Crippen molar-refractivity contribution in [2.45, 2.75) is 90.6 Å². The van der Waals surface area contributed by atoms with E-state index in [9.17, 15) is 19.8 Å². The van der Waals surface area contributed by atoms with Gasteiger partial charge < -0.3 is 25.2 Å². The summed E-state index contributed by atoms with van der Waals surface area (Å²) in [5.41, 5.74) is 1.65. The maximum absolute atomic E-state index is 12.2. The van der Waals surface area contributed by atoms with Crippen LogP contribution in [0.4, 0.5) is 0 Å². The summed E-state index contributed by atoms with van der Waals surface area (Å²) in [6.07, 6.45) is 15.8. The third-order valence-corrected chi connectivity index (χ3v) is 11.3. The van der Waals surface area contributed by atoms with E-state index >= 15 is 0 Å². The number of aliphatic hydroxyl groups is 1. The number of oxime groups is 1. The van der Waals surface area contributed by atoms with E-state index in [-0.39, 0.29) is 29.3 Å². The molecule has 5 aliphatic carbocycles. The van der Waals surface area contributed by atoms with Crippen LogP contribution in [0.1, 0.15) is 85.0 Å². The highest BCUT2D eigenvalue weighted by molar-refractivity contribution is 6.05. The fraction of sp³-hybridized carbons (Fsp3) is 0.767. The third kappa shape index (κ3) is 4.77. The Morgan fingerprint density at radius 1 is 1.08 bits per heavy atom. The van der Waals surface area contributed by atoms with Gasteiger partial charge in [-0.3, -0.25) is 4.79 Å². The van der Waals surface area contributed by atoms with Crippen molar-refractivity contribution in [3.8, 4) is 0 Å². The van der Waals surface area contributed by atoms with Gasteiger partial charge in [0, 0.05) is 17.9 Å². The maximum Gasteiger partial charge on any atom is 0.260 e. The Balaban J connectivity index is 1.13. The van der Waals surface area contributed by atoms with Crippen LogP contribution in [-0.2, 0) is 14.4 Å². The minimum Gasteiger partial charge on any atom is -0.550 e. The summed E-state index contributed by atoms with van der Waals surface area (Å²) in [5, 5.41) is 29.2. The lowest BCUT2D eigenvalue weighted by Gasteiger charge is -2.58. The first-order valence-corrected chi connectivity index (χ1v) is 14.3. The number of carbonyl (C=O) groups excluding carboxylic acids is 2. The first kappa shape index (κ1) is 26.5. The van der Waals surface area contributed by atoms with E-state index < -0.39 is 11.6 Å². The van der Waals surface area contributed by atoms with E-state index in [4.69, 9.17) is 4.84 Å². The van der Waals surface area contributed by atoms with Crippen molar-refractivity contribution >= 4 is 17.6 Å². The van der Waals surface area contributed by atoms with Gasteiger partial charge in [0.25, 0.3) is 5.91 Å². The second-order valence-corrected chi connectivity index (χ2v) is 13.1. The van der Waals surface area contributed by atoms with Crippen molar-refractivity contribution in [3.05, 3.63) is 23.8 Å². The molecule has 2 N–H and O–H groups in total. The van der Waals surface area contributed by atoms with Crippen LogP contribution in [0.3, 0.4) is 0 Å². The van der Waals surface area contributed by atoms with Gasteiger partial charge in [0.1, 0.15) is 5.71 Å². The topological polar surface area (TPSA) is 111 Å². The predicted octanol–water partition coefficient (Wildman–Crippen LogP) is 3.52. The van der Waals surface area contributed by atoms with Gasteiger partial charge in [-0.2, -0.15) is 0 Å². The zero-order valence-corrected chi connectivity index (χ0v) is 22.6. The molecule has 4 saturated carbocycles. The summed E-state index contributed by atoms with van der Waals surface area (Å²) in [5.74, 6) is 0.617. The number of hydrogen-bond acceptors (Lipinski definition) is 6. The molecule has 0 aromatic carbocycles. The van der Waals surface area contributed by atoms with Crippen molar-refractivity contribution in [2.24, 2.45) is 45.6 Å². The molecule has 1 amide bonds. The molecule has 204 valence electrons. The molecule has 0 radical (unpaired) electrons. The summed E-state index contributed by atoms with van der Waals surface area (Å²) in [6.45, 7) is 7.16. The van der Waals surface area contributed by atoms with Gasteiger partial charge in [-0.1, -0.05) is 30.7 Å². The van der Waals surface area contributed by atoms with Crippen molar-refractivity contribution in [1.29, 1.82) is 0 Å². The molecule has 5 aliphatic rings. The number of carboxylic acids is 1. The van der Waals surface area contributed by atoms with Crippen molar-refractivity contribution in [2.75, 3.05) is 13.2 Å². The van der Waals surface area contributed by atoms with E-state index in [2.05, 4.69) is 43.4 Å². The van der Waals surface area contributed by atoms with Crippen molar-refractivity contribution in [3.63, 3.8) is 0 Å². The number of allylic oxidation sites excluding steroid dienone is 4. The normalized spacial score (nSPS) is 43.8. The SMILES string of the molecule is C[C@]12C=CC(=NOCC(=O)NCC3CCC(C(=O)[O-])CC3)C=C1CCC1C2CC[C@@]2(C)C1CC[C@]2(C)O. The number of aliphatic carboxylic acids is 1. The van der Waals surface area contributed by atoms with Gasteiger partial charge in [-0.05, 0) is 118 Å². The Kier molecular flexibility index (Phi) is 7.05. The average molecular weight is 512 g/mol. The smallest absolute Gasteiger partial charge is 0.260 e. The monoisotopic (exact) mass is 511 g/mol. The summed E-state index contributed by atoms with van der Waals surface area (Å²) in [4.78, 5) is 28.6. The number of amides is 1. The van der Waals surface area contributed by atoms with Crippen molar-refractivity contribution < 1.29 is 24.6 Å². The molecule has 6 atom stereocenters. The fourth-order valence-corrected chi connectivity index (χ4v) is 8.58. The summed E-state index contributed by atoms with van der Waals surface area (Å²) in [7, 11) is 0. The molecule has 7 nitrogen and oxygen atoms in total. The molecule has 0 aliphatic heterocycles. The van der Waals surface area contributed by atoms with E-state index in [1.807, 2.05) is 6.08 Å². The highest BCUT2D eigenvalue weighted by Gasteiger charge is 2.61. The summed E-state index contributed by atoms with van der Waals surface area (Å²) in [6, 6.07) is 0. The van der Waals surface area contributed by atoms with Gasteiger partial charge in [0.05, 0.1) is 5.60 Å². The lowest BCUT2D eigenvalue weighted by molar-refractivity contribution is -0.312. The van der Waals surface area contributed by atoms with Gasteiger partial charge in [0.15, 0.2) is 6.61 Å². The lowest BCUT2D eigenvalue weighted by atomic mass is 9.47. The molecule has 0 heterocycles. The molecule has 3 unspecified atom stereocenters. The number of carbonyl (C=O) groups is 2. The largest absolute Gasteiger partial charge is 0.550 e. The van der Waals surface area contributed by atoms with Crippen LogP contribution < -0.4 is 10.4 Å². The zero-order chi connectivity index (χ0) is 26.4. The molecule has 37 heavy (non-hydrogen) atoms. The van der Waals surface area contributed by atoms with Gasteiger partial charge in [-0.25, -0.2) is 0 Å². The maximum atomic E-state index is 12.2. The van der Waals surface area contributed by atoms with Crippen LogP contribution in [0.15, 0.2) is 29.0 Å². The molecule has 0 spiro atoms. The van der Waals surface area contributed by atoms with Crippen molar-refractivity contribution in [1.82, 2.24) is 5.32 Å². The number of carboxylic acid groups (broad SMARTS) is 1. The number of nitrogens with one attached hydrogen (secondary N) is 1. The fourth-order valence-electron chi connectivity index (χ4n) is 8.58. The Morgan fingerprint density at radius 3 is 2.54 bits per heavy atom. The van der Waals surface area contributed by atoms with E-state index in [1.54, 1.807) is 0 Å². The van der Waals surface area contributed by atoms with Crippen LogP contribution >= 0.6 is 0 Å². The average Bonchev–Trinajstić information content (AvgIpc) is 3.11. The number of fused-ring (bicyclic) bond motifs is 5. The Bertz CT molecular complexity index is 1010. The highest BCUT2D eigenvalue weighted by atomic mass is 16.6. The predicted molar refractivity (Wildman–Crippen MR) is 139 cm³/mol. The second kappa shape index (κ2) is 9.87. The molecular formula is C30H43N2O5-. The first-order valence-electron chi connectivity index (χ1n) is 14.3. The Morgan fingerprint density at radius 2 is 1.81 bits per heavy atom. The Hall–Kier alpha value is -2.15. The standard InChI is InChI=1S/C30H44N2O5/c1-28-13-10-22(32-37-18-26(33)31-17-19-4-6-20(7-5-19)27(34)35)16-21(28)8-9-23-24(28)11-14-29(2)25(23)12-15-30(29,3)36/h10,13,16,19-20,23-25,36H,4-9,11-12,14-15,17-18H2,1-3H3,(H,31,33)(H,34,35)/p-1/t19?,20?,23?,24?,25?,28-,29-,30-/m0/s1. The molecule has 4 fully saturated rings. The number of nitrogens with zero attached hydrogens (tertiary/aromatic N) is 1. The summed E-state index contributed by atoms with van der Waals surface area (Å²) >= 11 is 0. The Labute approximate surface area is 220 Å². The quantitative estimate of drug-likeness (QED) is 0.530. The van der Waals surface area contributed by atoms with Gasteiger partial charge in [0.2, 0.25) is 0 Å². The van der Waals surface area contributed by atoms with Gasteiger partial charge >= 0.3 is 0 Å². The van der Waals surface area contributed by atoms with Crippen LogP contribution in [-0.4, -0.2) is 41.4 Å². The highest BCUT2D eigenvalue weighted by Crippen LogP contribution is 2.66. The molecule has 0 aromatic rings. The molecular weight excluding hydrogens is 468 g/mol. The second-order valence-electron chi connectivity index (χ2n) is 13.1. The first-order chi connectivity index (χ1) is 17.5. The minimum absolute atomic E-state index is 0.0186. The van der Waals surface area contributed by atoms with Crippen LogP contribution in [0.25, 0.3) is 0 Å². The van der Waals surface area contributed by atoms with E-state index in [0.717, 1.165) is 57.1 Å². The molecule has 5 rings (SSSR count). The van der Waals surface area contributed by atoms with Crippen LogP contribution in [0.2, 0.25) is 0 Å². The summed E-state index contributed by atoms with van der Waals surface area (Å²) < 4.78 is 0. The number of rotatable bonds is 6. The van der Waals surface area contributed by atoms with E-state index in [1.165, 1.54) is 5.57 Å². The third-order valence-electron chi connectivity index (χ3n) is 11.3. The zero-order valence-electron chi connectivity index (χ0n) is 22.6. The molecule has 7 heteroatoms. The molecule has 0 bridgehead atoms. The molecule has 0 saturated heterocycles. The molecule has 0 aromatic heterocycles. The van der Waals surface area contributed by atoms with E-state index in [0.29, 0.717) is 43.1 Å². The minimum atomic E-state index is -0.958. The van der Waals surface area contributed by atoms with Crippen LogP contribution in [0, 0.1) is 40.4 Å². The van der Waals surface area contributed by atoms with Gasteiger partial charge in [-0.15, -0.1) is 0 Å². The van der Waals surface area contributed by atoms with Crippen LogP contribution in [0.5, 0.6) is 0 Å². The number of hydrogen-bond donors (Lipinski definition) is 2. The lowest BCUT2D eigenvalue weighted by Crippen LogP contribution is -2.53.